The number of carbonyl (C=O) groups excluding carboxylic acids is 1. The van der Waals surface area contributed by atoms with Gasteiger partial charge in [0.05, 0.1) is 6.04 Å². The summed E-state index contributed by atoms with van der Waals surface area (Å²) in [7, 11) is 0. The molecule has 1 saturated carbocycles. The van der Waals surface area contributed by atoms with Crippen LogP contribution < -0.4 is 19.7 Å². The normalized spacial score (nSPS) is 19.8. The second kappa shape index (κ2) is 7.95. The van der Waals surface area contributed by atoms with Crippen molar-refractivity contribution in [3.63, 3.8) is 0 Å². The standard InChI is InChI=1S/C23H27N3O3/c27-23(17-6-7-17)24-15-20(18-8-9-21-22(14-18)29-16-28-21)26-12-10-25(11-13-26)19-4-2-1-3-5-19/h1-5,8-9,14,17,20H,6-7,10-13,15-16H2,(H,24,27). The van der Waals surface area contributed by atoms with Gasteiger partial charge in [-0.2, -0.15) is 0 Å². The third-order valence-corrected chi connectivity index (χ3v) is 6.08. The lowest BCUT2D eigenvalue weighted by atomic mass is 10.0. The summed E-state index contributed by atoms with van der Waals surface area (Å²) in [6.07, 6.45) is 2.05. The van der Waals surface area contributed by atoms with Crippen LogP contribution in [0.3, 0.4) is 0 Å². The van der Waals surface area contributed by atoms with E-state index in [0.29, 0.717) is 6.54 Å². The largest absolute Gasteiger partial charge is 0.454 e. The minimum atomic E-state index is 0.130. The molecule has 1 saturated heterocycles. The van der Waals surface area contributed by atoms with Crippen molar-refractivity contribution < 1.29 is 14.3 Å². The number of fused-ring (bicyclic) bond motifs is 1. The topological polar surface area (TPSA) is 54.0 Å². The number of piperazine rings is 1. The zero-order valence-corrected chi connectivity index (χ0v) is 16.5. The predicted molar refractivity (Wildman–Crippen MR) is 111 cm³/mol. The molecular formula is C23H27N3O3. The van der Waals surface area contributed by atoms with Crippen LogP contribution in [-0.4, -0.2) is 50.3 Å². The number of anilines is 1. The molecule has 6 nitrogen and oxygen atoms in total. The van der Waals surface area contributed by atoms with E-state index in [1.807, 2.05) is 6.07 Å². The smallest absolute Gasteiger partial charge is 0.231 e. The molecule has 2 aliphatic heterocycles. The molecule has 3 aliphatic rings. The Kier molecular flexibility index (Phi) is 5.02. The molecule has 2 aromatic carbocycles. The molecule has 1 amide bonds. The lowest BCUT2D eigenvalue weighted by Gasteiger charge is -2.40. The van der Waals surface area contributed by atoms with Gasteiger partial charge in [-0.1, -0.05) is 24.3 Å². The first-order valence-corrected chi connectivity index (χ1v) is 10.5. The summed E-state index contributed by atoms with van der Waals surface area (Å²) in [4.78, 5) is 17.2. The quantitative estimate of drug-likeness (QED) is 0.818. The second-order valence-electron chi connectivity index (χ2n) is 8.01. The van der Waals surface area contributed by atoms with Crippen LogP contribution in [0.5, 0.6) is 11.5 Å². The SMILES string of the molecule is O=C(NCC(c1ccc2c(c1)OCO2)N1CCN(c2ccccc2)CC1)C1CC1. The van der Waals surface area contributed by atoms with E-state index in [2.05, 4.69) is 57.6 Å². The summed E-state index contributed by atoms with van der Waals surface area (Å²) in [5.74, 6) is 2.01. The molecule has 0 radical (unpaired) electrons. The minimum Gasteiger partial charge on any atom is -0.454 e. The van der Waals surface area contributed by atoms with Gasteiger partial charge >= 0.3 is 0 Å². The molecule has 0 bridgehead atoms. The minimum absolute atomic E-state index is 0.130. The highest BCUT2D eigenvalue weighted by molar-refractivity contribution is 5.80. The molecule has 6 heteroatoms. The van der Waals surface area contributed by atoms with E-state index in [1.54, 1.807) is 0 Å². The lowest BCUT2D eigenvalue weighted by Crippen LogP contribution is -2.50. The Morgan fingerprint density at radius 2 is 1.76 bits per heavy atom. The van der Waals surface area contributed by atoms with Gasteiger partial charge in [0.2, 0.25) is 12.7 Å². The van der Waals surface area contributed by atoms with E-state index < -0.39 is 0 Å². The second-order valence-corrected chi connectivity index (χ2v) is 8.01. The van der Waals surface area contributed by atoms with Gasteiger partial charge in [-0.15, -0.1) is 0 Å². The molecule has 1 atom stereocenters. The van der Waals surface area contributed by atoms with Crippen molar-refractivity contribution in [2.45, 2.75) is 18.9 Å². The number of ether oxygens (including phenoxy) is 2. The van der Waals surface area contributed by atoms with Gasteiger partial charge in [0.15, 0.2) is 11.5 Å². The highest BCUT2D eigenvalue weighted by atomic mass is 16.7. The van der Waals surface area contributed by atoms with Crippen LogP contribution >= 0.6 is 0 Å². The van der Waals surface area contributed by atoms with Gasteiger partial charge in [-0.05, 0) is 42.7 Å². The van der Waals surface area contributed by atoms with Crippen LogP contribution in [0.15, 0.2) is 48.5 Å². The monoisotopic (exact) mass is 393 g/mol. The third-order valence-electron chi connectivity index (χ3n) is 6.08. The summed E-state index contributed by atoms with van der Waals surface area (Å²) >= 11 is 0. The fourth-order valence-corrected chi connectivity index (χ4v) is 4.20. The van der Waals surface area contributed by atoms with Crippen molar-refractivity contribution in [3.8, 4) is 11.5 Å². The van der Waals surface area contributed by atoms with Gasteiger partial charge in [0.1, 0.15) is 0 Å². The Morgan fingerprint density at radius 3 is 2.52 bits per heavy atom. The van der Waals surface area contributed by atoms with Crippen molar-refractivity contribution >= 4 is 11.6 Å². The Bertz CT molecular complexity index is 861. The van der Waals surface area contributed by atoms with E-state index in [1.165, 1.54) is 11.3 Å². The maximum absolute atomic E-state index is 12.3. The summed E-state index contributed by atoms with van der Waals surface area (Å²) < 4.78 is 11.1. The van der Waals surface area contributed by atoms with E-state index in [-0.39, 0.29) is 24.7 Å². The molecule has 152 valence electrons. The molecule has 1 aliphatic carbocycles. The van der Waals surface area contributed by atoms with E-state index in [0.717, 1.165) is 50.5 Å². The number of hydrogen-bond donors (Lipinski definition) is 1. The number of nitrogens with zero attached hydrogens (tertiary/aromatic N) is 2. The number of para-hydroxylation sites is 1. The number of amides is 1. The predicted octanol–water partition coefficient (Wildman–Crippen LogP) is 2.80. The number of hydrogen-bond acceptors (Lipinski definition) is 5. The molecular weight excluding hydrogens is 366 g/mol. The molecule has 0 aromatic heterocycles. The van der Waals surface area contributed by atoms with Crippen LogP contribution in [-0.2, 0) is 4.79 Å². The lowest BCUT2D eigenvalue weighted by molar-refractivity contribution is -0.122. The van der Waals surface area contributed by atoms with E-state index in [4.69, 9.17) is 9.47 Å². The Balaban J connectivity index is 1.31. The summed E-state index contributed by atoms with van der Waals surface area (Å²) in [6.45, 7) is 4.75. The summed E-state index contributed by atoms with van der Waals surface area (Å²) in [5.41, 5.74) is 2.44. The van der Waals surface area contributed by atoms with Crippen LogP contribution in [0.25, 0.3) is 0 Å². The Labute approximate surface area is 171 Å². The number of benzene rings is 2. The van der Waals surface area contributed by atoms with E-state index in [9.17, 15) is 4.79 Å². The first kappa shape index (κ1) is 18.3. The molecule has 29 heavy (non-hydrogen) atoms. The fraction of sp³-hybridized carbons (Fsp3) is 0.435. The molecule has 5 rings (SSSR count). The van der Waals surface area contributed by atoms with Gasteiger partial charge in [0, 0.05) is 44.3 Å². The van der Waals surface area contributed by atoms with Crippen molar-refractivity contribution in [1.82, 2.24) is 10.2 Å². The average Bonchev–Trinajstić information content (AvgIpc) is 3.52. The number of carbonyl (C=O) groups is 1. The van der Waals surface area contributed by atoms with Gasteiger partial charge < -0.3 is 19.7 Å². The number of nitrogens with one attached hydrogen (secondary N) is 1. The molecule has 2 aromatic rings. The van der Waals surface area contributed by atoms with Crippen molar-refractivity contribution in [2.75, 3.05) is 44.4 Å². The zero-order valence-electron chi connectivity index (χ0n) is 16.5. The van der Waals surface area contributed by atoms with Gasteiger partial charge in [-0.25, -0.2) is 0 Å². The fourth-order valence-electron chi connectivity index (χ4n) is 4.20. The summed E-state index contributed by atoms with van der Waals surface area (Å²) in [5, 5.41) is 3.18. The van der Waals surface area contributed by atoms with Crippen LogP contribution in [0.1, 0.15) is 24.4 Å². The van der Waals surface area contributed by atoms with E-state index >= 15 is 0 Å². The van der Waals surface area contributed by atoms with Gasteiger partial charge in [0.25, 0.3) is 0 Å². The molecule has 0 spiro atoms. The molecule has 1 N–H and O–H groups in total. The third kappa shape index (κ3) is 4.03. The first-order valence-electron chi connectivity index (χ1n) is 10.5. The van der Waals surface area contributed by atoms with Crippen molar-refractivity contribution in [3.05, 3.63) is 54.1 Å². The maximum atomic E-state index is 12.3. The molecule has 1 unspecified atom stereocenters. The maximum Gasteiger partial charge on any atom is 0.231 e. The Hall–Kier alpha value is -2.73. The molecule has 2 fully saturated rings. The highest BCUT2D eigenvalue weighted by Gasteiger charge is 2.32. The zero-order chi connectivity index (χ0) is 19.6. The van der Waals surface area contributed by atoms with Crippen LogP contribution in [0.2, 0.25) is 0 Å². The molecule has 2 heterocycles. The summed E-state index contributed by atoms with van der Waals surface area (Å²) in [6, 6.07) is 16.8. The highest BCUT2D eigenvalue weighted by Crippen LogP contribution is 2.36. The average molecular weight is 393 g/mol. The van der Waals surface area contributed by atoms with Crippen LogP contribution in [0, 0.1) is 5.92 Å². The number of rotatable bonds is 6. The first-order chi connectivity index (χ1) is 14.3. The Morgan fingerprint density at radius 1 is 1.00 bits per heavy atom. The van der Waals surface area contributed by atoms with Crippen LogP contribution in [0.4, 0.5) is 5.69 Å². The van der Waals surface area contributed by atoms with Gasteiger partial charge in [-0.3, -0.25) is 9.69 Å². The van der Waals surface area contributed by atoms with Crippen molar-refractivity contribution in [1.29, 1.82) is 0 Å². The van der Waals surface area contributed by atoms with Crippen molar-refractivity contribution in [2.24, 2.45) is 5.92 Å².